The highest BCUT2D eigenvalue weighted by molar-refractivity contribution is 7.92. The van der Waals surface area contributed by atoms with Crippen LogP contribution in [0.25, 0.3) is 0 Å². The molecule has 1 aliphatic carbocycles. The van der Waals surface area contributed by atoms with Crippen LogP contribution < -0.4 is 10.0 Å². The summed E-state index contributed by atoms with van der Waals surface area (Å²) in [6, 6.07) is 15.6. The third-order valence-corrected chi connectivity index (χ3v) is 8.21. The second-order valence-electron chi connectivity index (χ2n) is 8.30. The van der Waals surface area contributed by atoms with Gasteiger partial charge in [-0.2, -0.15) is 0 Å². The number of nitro benzene ring substituents is 1. The Balaban J connectivity index is 1.51. The summed E-state index contributed by atoms with van der Waals surface area (Å²) >= 11 is 12.4. The maximum Gasteiger partial charge on any atom is 0.269 e. The van der Waals surface area contributed by atoms with Gasteiger partial charge in [0, 0.05) is 39.3 Å². The molecule has 0 spiro atoms. The second-order valence-corrected chi connectivity index (χ2v) is 10.8. The van der Waals surface area contributed by atoms with E-state index in [2.05, 4.69) is 22.2 Å². The number of sulfonamides is 1. The van der Waals surface area contributed by atoms with Crippen molar-refractivity contribution in [2.24, 2.45) is 5.92 Å². The summed E-state index contributed by atoms with van der Waals surface area (Å²) in [5.74, 6) is -0.0243. The van der Waals surface area contributed by atoms with E-state index < -0.39 is 14.9 Å². The molecule has 2 aliphatic rings. The van der Waals surface area contributed by atoms with Gasteiger partial charge in [0.25, 0.3) is 15.7 Å². The van der Waals surface area contributed by atoms with Gasteiger partial charge in [0.1, 0.15) is 0 Å². The van der Waals surface area contributed by atoms with Crippen molar-refractivity contribution >= 4 is 50.3 Å². The lowest BCUT2D eigenvalue weighted by Crippen LogP contribution is -2.29. The van der Waals surface area contributed by atoms with Crippen molar-refractivity contribution < 1.29 is 13.3 Å². The first-order valence-corrected chi connectivity index (χ1v) is 12.8. The molecule has 0 fully saturated rings. The van der Waals surface area contributed by atoms with Crippen LogP contribution in [0.5, 0.6) is 0 Å². The van der Waals surface area contributed by atoms with Gasteiger partial charge < -0.3 is 5.32 Å². The number of anilines is 2. The van der Waals surface area contributed by atoms with Crippen LogP contribution in [0, 0.1) is 16.0 Å². The number of hydrogen-bond donors (Lipinski definition) is 2. The number of fused-ring (bicyclic) bond motifs is 3. The van der Waals surface area contributed by atoms with Crippen molar-refractivity contribution in [3.8, 4) is 0 Å². The summed E-state index contributed by atoms with van der Waals surface area (Å²) in [5.41, 5.74) is 2.62. The minimum atomic E-state index is -3.84. The molecule has 0 saturated carbocycles. The van der Waals surface area contributed by atoms with E-state index in [1.54, 1.807) is 42.5 Å². The van der Waals surface area contributed by atoms with Crippen molar-refractivity contribution in [2.45, 2.75) is 23.3 Å². The second kappa shape index (κ2) is 8.61. The van der Waals surface area contributed by atoms with E-state index in [1.165, 1.54) is 18.2 Å². The highest BCUT2D eigenvalue weighted by Crippen LogP contribution is 2.51. The Labute approximate surface area is 206 Å². The van der Waals surface area contributed by atoms with Gasteiger partial charge in [-0.25, -0.2) is 8.42 Å². The molecular formula is C24H19Cl2N3O4S. The molecule has 5 rings (SSSR count). The standard InChI is InChI=1S/C24H19Cl2N3O4S/c25-14-3-1-4-15(11-14)28-34(32,33)17-8-10-23-20(13-17)18-5-2-6-19(18)24(27-23)21-12-16(29(30)31)7-9-22(21)26/h1-5,7-13,18-19,24,27-28H,6H2/t18-,19+,24-/m0/s1. The number of nitrogens with zero attached hydrogens (tertiary/aromatic N) is 1. The third kappa shape index (κ3) is 4.13. The summed E-state index contributed by atoms with van der Waals surface area (Å²) < 4.78 is 28.7. The number of halogens is 2. The van der Waals surface area contributed by atoms with E-state index >= 15 is 0 Å². The highest BCUT2D eigenvalue weighted by atomic mass is 35.5. The number of non-ortho nitro benzene ring substituents is 1. The van der Waals surface area contributed by atoms with Gasteiger partial charge in [-0.1, -0.05) is 41.4 Å². The molecule has 1 heterocycles. The van der Waals surface area contributed by atoms with Gasteiger partial charge in [0.2, 0.25) is 0 Å². The number of allylic oxidation sites excluding steroid dienone is 2. The monoisotopic (exact) mass is 515 g/mol. The fourth-order valence-corrected chi connectivity index (χ4v) is 6.21. The van der Waals surface area contributed by atoms with Gasteiger partial charge in [-0.05, 0) is 60.4 Å². The van der Waals surface area contributed by atoms with Crippen molar-refractivity contribution in [3.05, 3.63) is 104 Å². The lowest BCUT2D eigenvalue weighted by Gasteiger charge is -2.38. The van der Waals surface area contributed by atoms with Crippen LogP contribution in [0.1, 0.15) is 29.5 Å². The molecule has 0 amide bonds. The van der Waals surface area contributed by atoms with E-state index in [0.717, 1.165) is 17.7 Å². The molecular weight excluding hydrogens is 497 g/mol. The summed E-state index contributed by atoms with van der Waals surface area (Å²) in [5, 5.41) is 15.6. The highest BCUT2D eigenvalue weighted by Gasteiger charge is 2.39. The fourth-order valence-electron chi connectivity index (χ4n) is 4.70. The quantitative estimate of drug-likeness (QED) is 0.228. The Morgan fingerprint density at radius 1 is 1.03 bits per heavy atom. The lowest BCUT2D eigenvalue weighted by atomic mass is 9.77. The van der Waals surface area contributed by atoms with E-state index in [1.807, 2.05) is 0 Å². The van der Waals surface area contributed by atoms with Crippen LogP contribution in [0.15, 0.2) is 77.7 Å². The predicted molar refractivity (Wildman–Crippen MR) is 133 cm³/mol. The van der Waals surface area contributed by atoms with Gasteiger partial charge in [-0.3, -0.25) is 14.8 Å². The van der Waals surface area contributed by atoms with E-state index in [9.17, 15) is 18.5 Å². The zero-order valence-electron chi connectivity index (χ0n) is 17.6. The van der Waals surface area contributed by atoms with Crippen molar-refractivity contribution in [2.75, 3.05) is 10.0 Å². The molecule has 34 heavy (non-hydrogen) atoms. The molecule has 0 unspecified atom stereocenters. The van der Waals surface area contributed by atoms with E-state index in [-0.39, 0.29) is 28.5 Å². The predicted octanol–water partition coefficient (Wildman–Crippen LogP) is 6.53. The van der Waals surface area contributed by atoms with Crippen LogP contribution in [0.3, 0.4) is 0 Å². The van der Waals surface area contributed by atoms with Crippen LogP contribution in [0.4, 0.5) is 17.1 Å². The minimum absolute atomic E-state index is 0.0250. The van der Waals surface area contributed by atoms with Gasteiger partial charge in [-0.15, -0.1) is 0 Å². The average molecular weight is 516 g/mol. The van der Waals surface area contributed by atoms with Gasteiger partial charge >= 0.3 is 0 Å². The molecule has 0 radical (unpaired) electrons. The Bertz CT molecular complexity index is 1440. The Kier molecular flexibility index (Phi) is 5.75. The first-order valence-electron chi connectivity index (χ1n) is 10.5. The average Bonchev–Trinajstić information content (AvgIpc) is 3.28. The van der Waals surface area contributed by atoms with Crippen LogP contribution in [-0.4, -0.2) is 13.3 Å². The topological polar surface area (TPSA) is 101 Å². The van der Waals surface area contributed by atoms with E-state index in [0.29, 0.717) is 21.3 Å². The van der Waals surface area contributed by atoms with Gasteiger partial charge in [0.05, 0.1) is 21.5 Å². The maximum atomic E-state index is 13.0. The van der Waals surface area contributed by atoms with Crippen LogP contribution >= 0.6 is 23.2 Å². The molecule has 0 bridgehead atoms. The molecule has 3 aromatic rings. The van der Waals surface area contributed by atoms with Crippen LogP contribution in [0.2, 0.25) is 10.0 Å². The molecule has 2 N–H and O–H groups in total. The summed E-state index contributed by atoms with van der Waals surface area (Å²) in [4.78, 5) is 11.0. The summed E-state index contributed by atoms with van der Waals surface area (Å²) in [6.07, 6.45) is 4.84. The number of benzene rings is 3. The number of hydrogen-bond acceptors (Lipinski definition) is 5. The largest absolute Gasteiger partial charge is 0.378 e. The number of rotatable bonds is 5. The molecule has 1 aliphatic heterocycles. The maximum absolute atomic E-state index is 13.0. The fraction of sp³-hybridized carbons (Fsp3) is 0.167. The van der Waals surface area contributed by atoms with E-state index in [4.69, 9.17) is 23.2 Å². The molecule has 3 aromatic carbocycles. The molecule has 3 atom stereocenters. The lowest BCUT2D eigenvalue weighted by molar-refractivity contribution is -0.384. The number of nitrogens with one attached hydrogen (secondary N) is 2. The summed E-state index contributed by atoms with van der Waals surface area (Å²) in [7, 11) is -3.84. The first-order chi connectivity index (χ1) is 16.2. The van der Waals surface area contributed by atoms with Crippen molar-refractivity contribution in [1.29, 1.82) is 0 Å². The molecule has 7 nitrogen and oxygen atoms in total. The zero-order valence-corrected chi connectivity index (χ0v) is 19.9. The molecule has 0 saturated heterocycles. The zero-order chi connectivity index (χ0) is 24.0. The smallest absolute Gasteiger partial charge is 0.269 e. The Hall–Kier alpha value is -3.07. The number of nitro groups is 1. The SMILES string of the molecule is O=[N+]([O-])c1ccc(Cl)c([C@H]2Nc3ccc(S(=O)(=O)Nc4cccc(Cl)c4)cc3[C@H]3C=CC[C@H]32)c1. The normalized spacial score (nSPS) is 20.8. The minimum Gasteiger partial charge on any atom is -0.378 e. The Morgan fingerprint density at radius 2 is 1.85 bits per heavy atom. The molecule has 174 valence electrons. The van der Waals surface area contributed by atoms with Gasteiger partial charge in [0.15, 0.2) is 0 Å². The molecule has 0 aromatic heterocycles. The Morgan fingerprint density at radius 3 is 2.62 bits per heavy atom. The van der Waals surface area contributed by atoms with Crippen LogP contribution in [-0.2, 0) is 10.0 Å². The third-order valence-electron chi connectivity index (χ3n) is 6.25. The molecule has 10 heteroatoms. The first kappa shape index (κ1) is 22.7. The van der Waals surface area contributed by atoms with Crippen molar-refractivity contribution in [1.82, 2.24) is 0 Å². The van der Waals surface area contributed by atoms with Crippen molar-refractivity contribution in [3.63, 3.8) is 0 Å². The summed E-state index contributed by atoms with van der Waals surface area (Å²) in [6.45, 7) is 0.